The Hall–Kier alpha value is -1.94. The second-order valence-electron chi connectivity index (χ2n) is 6.12. The van der Waals surface area contributed by atoms with Crippen molar-refractivity contribution in [1.82, 2.24) is 15.1 Å². The number of rotatable bonds is 5. The molecule has 2 atom stereocenters. The van der Waals surface area contributed by atoms with Gasteiger partial charge in [-0.1, -0.05) is 23.9 Å². The highest BCUT2D eigenvalue weighted by atomic mass is 32.2. The van der Waals surface area contributed by atoms with Crippen LogP contribution >= 0.6 is 11.8 Å². The van der Waals surface area contributed by atoms with Gasteiger partial charge in [-0.2, -0.15) is 0 Å². The van der Waals surface area contributed by atoms with Crippen molar-refractivity contribution in [1.29, 1.82) is 0 Å². The molecule has 10 heteroatoms. The Morgan fingerprint density at radius 3 is 2.77 bits per heavy atom. The van der Waals surface area contributed by atoms with E-state index in [4.69, 9.17) is 4.42 Å². The monoisotopic (exact) mass is 399 g/mol. The van der Waals surface area contributed by atoms with Crippen LogP contribution in [0.4, 0.5) is 4.39 Å². The number of aromatic nitrogens is 2. The fourth-order valence-corrected chi connectivity index (χ4v) is 5.31. The van der Waals surface area contributed by atoms with Crippen LogP contribution in [-0.2, 0) is 14.6 Å². The number of halogens is 1. The Morgan fingerprint density at radius 1 is 1.38 bits per heavy atom. The number of hydrogen-bond acceptors (Lipinski definition) is 7. The van der Waals surface area contributed by atoms with Gasteiger partial charge < -0.3 is 9.32 Å². The molecule has 2 aromatic rings. The van der Waals surface area contributed by atoms with Crippen LogP contribution in [0.5, 0.6) is 0 Å². The summed E-state index contributed by atoms with van der Waals surface area (Å²) in [7, 11) is -1.47. The number of nitrogens with zero attached hydrogens (tertiary/aromatic N) is 3. The maximum Gasteiger partial charge on any atom is 0.277 e. The van der Waals surface area contributed by atoms with Crippen molar-refractivity contribution in [2.24, 2.45) is 0 Å². The van der Waals surface area contributed by atoms with Crippen LogP contribution in [0.25, 0.3) is 11.5 Å². The maximum atomic E-state index is 13.8. The molecule has 0 spiro atoms. The lowest BCUT2D eigenvalue weighted by Gasteiger charge is -2.25. The number of sulfone groups is 1. The third-order valence-electron chi connectivity index (χ3n) is 4.24. The van der Waals surface area contributed by atoms with Crippen LogP contribution in [0.3, 0.4) is 0 Å². The van der Waals surface area contributed by atoms with E-state index in [9.17, 15) is 17.6 Å². The van der Waals surface area contributed by atoms with E-state index in [0.717, 1.165) is 11.8 Å². The van der Waals surface area contributed by atoms with E-state index in [-0.39, 0.29) is 40.1 Å². The lowest BCUT2D eigenvalue weighted by molar-refractivity contribution is -0.130. The van der Waals surface area contributed by atoms with E-state index in [0.29, 0.717) is 6.42 Å². The molecule has 1 aromatic heterocycles. The van der Waals surface area contributed by atoms with Crippen LogP contribution in [0, 0.1) is 5.82 Å². The van der Waals surface area contributed by atoms with Gasteiger partial charge in [-0.3, -0.25) is 4.79 Å². The summed E-state index contributed by atoms with van der Waals surface area (Å²) in [5.74, 6) is -0.556. The topological polar surface area (TPSA) is 93.4 Å². The SMILES string of the molecule is C[C@H](Sc1nnc(-c2ccccc2F)o1)C(=O)N(C)[C@H]1CCS(=O)(=O)C1. The molecule has 7 nitrogen and oxygen atoms in total. The molecular formula is C16H18FN3O4S2. The Balaban J connectivity index is 1.66. The molecule has 0 aliphatic carbocycles. The summed E-state index contributed by atoms with van der Waals surface area (Å²) < 4.78 is 42.4. The molecule has 140 valence electrons. The second kappa shape index (κ2) is 7.36. The largest absolute Gasteiger partial charge is 0.411 e. The Labute approximate surface area is 154 Å². The van der Waals surface area contributed by atoms with E-state index in [1.807, 2.05) is 0 Å². The summed E-state index contributed by atoms with van der Waals surface area (Å²) in [4.78, 5) is 14.0. The lowest BCUT2D eigenvalue weighted by Crippen LogP contribution is -2.41. The smallest absolute Gasteiger partial charge is 0.277 e. The van der Waals surface area contributed by atoms with Gasteiger partial charge in [0.2, 0.25) is 5.91 Å². The number of thioether (sulfide) groups is 1. The number of hydrogen-bond donors (Lipinski definition) is 0. The van der Waals surface area contributed by atoms with Crippen molar-refractivity contribution in [3.63, 3.8) is 0 Å². The molecule has 1 fully saturated rings. The van der Waals surface area contributed by atoms with E-state index in [1.165, 1.54) is 17.0 Å². The van der Waals surface area contributed by atoms with Crippen molar-refractivity contribution >= 4 is 27.5 Å². The molecule has 0 unspecified atom stereocenters. The van der Waals surface area contributed by atoms with Gasteiger partial charge in [0.1, 0.15) is 5.82 Å². The first-order valence-corrected chi connectivity index (χ1v) is 10.7. The van der Waals surface area contributed by atoms with Crippen molar-refractivity contribution in [3.05, 3.63) is 30.1 Å². The fourth-order valence-electron chi connectivity index (χ4n) is 2.75. The summed E-state index contributed by atoms with van der Waals surface area (Å²) in [6, 6.07) is 5.73. The van der Waals surface area contributed by atoms with Crippen molar-refractivity contribution in [2.75, 3.05) is 18.6 Å². The molecular weight excluding hydrogens is 381 g/mol. The van der Waals surface area contributed by atoms with Gasteiger partial charge >= 0.3 is 0 Å². The van der Waals surface area contributed by atoms with Crippen LogP contribution in [-0.4, -0.2) is 59.3 Å². The number of benzene rings is 1. The summed E-state index contributed by atoms with van der Waals surface area (Å²) in [5, 5.41) is 7.27. The zero-order chi connectivity index (χ0) is 18.9. The van der Waals surface area contributed by atoms with Gasteiger partial charge in [-0.25, -0.2) is 12.8 Å². The highest BCUT2D eigenvalue weighted by Gasteiger charge is 2.34. The van der Waals surface area contributed by atoms with Crippen molar-refractivity contribution in [2.45, 2.75) is 29.9 Å². The quantitative estimate of drug-likeness (QED) is 0.710. The van der Waals surface area contributed by atoms with Gasteiger partial charge in [0.15, 0.2) is 9.84 Å². The van der Waals surface area contributed by atoms with Gasteiger partial charge in [-0.15, -0.1) is 10.2 Å². The molecule has 1 amide bonds. The standard InChI is InChI=1S/C16H18FN3O4S2/c1-10(15(21)20(2)11-7-8-26(22,23)9-11)25-16-19-18-14(24-16)12-5-3-4-6-13(12)17/h3-6,10-11H,7-9H2,1-2H3/t10-,11-/m0/s1. The lowest BCUT2D eigenvalue weighted by atomic mass is 10.2. The average molecular weight is 399 g/mol. The van der Waals surface area contributed by atoms with Gasteiger partial charge in [0, 0.05) is 13.1 Å². The van der Waals surface area contributed by atoms with Crippen molar-refractivity contribution in [3.8, 4) is 11.5 Å². The highest BCUT2D eigenvalue weighted by molar-refractivity contribution is 8.00. The van der Waals surface area contributed by atoms with E-state index in [1.54, 1.807) is 26.1 Å². The Bertz CT molecular complexity index is 916. The van der Waals surface area contributed by atoms with Crippen LogP contribution in [0.15, 0.2) is 33.9 Å². The predicted octanol–water partition coefficient (Wildman–Crippen LogP) is 2.00. The molecule has 0 N–H and O–H groups in total. The maximum absolute atomic E-state index is 13.8. The molecule has 26 heavy (non-hydrogen) atoms. The van der Waals surface area contributed by atoms with E-state index >= 15 is 0 Å². The summed E-state index contributed by atoms with van der Waals surface area (Å²) in [6.45, 7) is 1.68. The molecule has 0 radical (unpaired) electrons. The van der Waals surface area contributed by atoms with Gasteiger partial charge in [0.25, 0.3) is 11.1 Å². The molecule has 3 rings (SSSR count). The average Bonchev–Trinajstić information content (AvgIpc) is 3.20. The Morgan fingerprint density at radius 2 is 2.12 bits per heavy atom. The third-order valence-corrected chi connectivity index (χ3v) is 6.91. The fraction of sp³-hybridized carbons (Fsp3) is 0.438. The molecule has 0 bridgehead atoms. The molecule has 1 saturated heterocycles. The Kier molecular flexibility index (Phi) is 5.33. The molecule has 0 saturated carbocycles. The van der Waals surface area contributed by atoms with Crippen molar-refractivity contribution < 1.29 is 22.0 Å². The summed E-state index contributed by atoms with van der Waals surface area (Å²) in [5.41, 5.74) is 0.194. The zero-order valence-electron chi connectivity index (χ0n) is 14.3. The first-order valence-electron chi connectivity index (χ1n) is 7.99. The van der Waals surface area contributed by atoms with Crippen LogP contribution in [0.1, 0.15) is 13.3 Å². The second-order valence-corrected chi connectivity index (χ2v) is 9.64. The summed E-state index contributed by atoms with van der Waals surface area (Å²) in [6.07, 6.45) is 0.444. The van der Waals surface area contributed by atoms with Gasteiger partial charge in [-0.05, 0) is 25.5 Å². The first kappa shape index (κ1) is 18.8. The minimum atomic E-state index is -3.07. The van der Waals surface area contributed by atoms with Crippen LogP contribution < -0.4 is 0 Å². The minimum absolute atomic E-state index is 0.00931. The van der Waals surface area contributed by atoms with E-state index < -0.39 is 20.9 Å². The molecule has 1 aliphatic rings. The third kappa shape index (κ3) is 4.07. The zero-order valence-corrected chi connectivity index (χ0v) is 15.9. The first-order chi connectivity index (χ1) is 12.3. The normalized spacial score (nSPS) is 20.0. The predicted molar refractivity (Wildman–Crippen MR) is 94.8 cm³/mol. The summed E-state index contributed by atoms with van der Waals surface area (Å²) >= 11 is 1.06. The molecule has 1 aromatic carbocycles. The number of carbonyl (C=O) groups excluding carboxylic acids is 1. The number of amides is 1. The molecule has 1 aliphatic heterocycles. The highest BCUT2D eigenvalue weighted by Crippen LogP contribution is 2.29. The minimum Gasteiger partial charge on any atom is -0.411 e. The van der Waals surface area contributed by atoms with E-state index in [2.05, 4.69) is 10.2 Å². The molecule has 2 heterocycles. The van der Waals surface area contributed by atoms with Gasteiger partial charge in [0.05, 0.1) is 22.3 Å². The van der Waals surface area contributed by atoms with Crippen LogP contribution in [0.2, 0.25) is 0 Å². The number of carbonyl (C=O) groups is 1.